The Kier molecular flexibility index (Phi) is 3.99. The van der Waals surface area contributed by atoms with E-state index in [9.17, 15) is 18.0 Å². The normalized spacial score (nSPS) is 11.5. The van der Waals surface area contributed by atoms with Gasteiger partial charge in [-0.15, -0.1) is 11.8 Å². The van der Waals surface area contributed by atoms with Crippen LogP contribution >= 0.6 is 11.8 Å². The standard InChI is InChI=1S/C13H9F3O2S/c14-13(15,16)12-6-11(4-3-9(12)7-17)19-8-10-2-1-5-18-10/h1-7H,8H2. The van der Waals surface area contributed by atoms with E-state index < -0.39 is 11.7 Å². The summed E-state index contributed by atoms with van der Waals surface area (Å²) < 4.78 is 43.3. The van der Waals surface area contributed by atoms with Gasteiger partial charge in [-0.3, -0.25) is 4.79 Å². The van der Waals surface area contributed by atoms with Crippen LogP contribution in [0.1, 0.15) is 21.7 Å². The minimum atomic E-state index is -4.53. The summed E-state index contributed by atoms with van der Waals surface area (Å²) in [5.41, 5.74) is -1.26. The number of rotatable bonds is 4. The predicted octanol–water partition coefficient (Wildman–Crippen LogP) is 4.40. The summed E-state index contributed by atoms with van der Waals surface area (Å²) in [4.78, 5) is 11.0. The van der Waals surface area contributed by atoms with Crippen molar-refractivity contribution >= 4 is 18.0 Å². The molecule has 0 aliphatic rings. The van der Waals surface area contributed by atoms with Gasteiger partial charge in [0.15, 0.2) is 6.29 Å². The number of halogens is 3. The second kappa shape index (κ2) is 5.52. The zero-order chi connectivity index (χ0) is 13.9. The lowest BCUT2D eigenvalue weighted by Crippen LogP contribution is -2.08. The van der Waals surface area contributed by atoms with Gasteiger partial charge in [-0.2, -0.15) is 13.2 Å². The molecular formula is C13H9F3O2S. The zero-order valence-electron chi connectivity index (χ0n) is 9.61. The van der Waals surface area contributed by atoms with E-state index in [1.54, 1.807) is 12.1 Å². The van der Waals surface area contributed by atoms with E-state index in [0.717, 1.165) is 6.07 Å². The van der Waals surface area contributed by atoms with Crippen molar-refractivity contribution in [1.29, 1.82) is 0 Å². The van der Waals surface area contributed by atoms with E-state index in [1.807, 2.05) is 0 Å². The van der Waals surface area contributed by atoms with E-state index in [2.05, 4.69) is 0 Å². The van der Waals surface area contributed by atoms with Crippen LogP contribution in [0.15, 0.2) is 45.9 Å². The molecule has 0 bridgehead atoms. The molecule has 0 unspecified atom stereocenters. The first-order chi connectivity index (χ1) is 9.00. The molecule has 0 atom stereocenters. The molecule has 0 aliphatic carbocycles. The second-order valence-electron chi connectivity index (χ2n) is 3.73. The Bertz CT molecular complexity index is 562. The van der Waals surface area contributed by atoms with Gasteiger partial charge in [-0.05, 0) is 30.3 Å². The van der Waals surface area contributed by atoms with Crippen LogP contribution in [-0.2, 0) is 11.9 Å². The van der Waals surface area contributed by atoms with Crippen molar-refractivity contribution < 1.29 is 22.4 Å². The molecule has 0 spiro atoms. The first-order valence-corrected chi connectivity index (χ1v) is 6.31. The summed E-state index contributed by atoms with van der Waals surface area (Å²) >= 11 is 1.22. The Labute approximate surface area is 111 Å². The molecule has 6 heteroatoms. The van der Waals surface area contributed by atoms with Gasteiger partial charge in [0.1, 0.15) is 5.76 Å². The van der Waals surface area contributed by atoms with Crippen LogP contribution in [-0.4, -0.2) is 6.29 Å². The number of benzene rings is 1. The maximum absolute atomic E-state index is 12.7. The third-order valence-electron chi connectivity index (χ3n) is 2.42. The van der Waals surface area contributed by atoms with Crippen LogP contribution in [0.25, 0.3) is 0 Å². The number of thioether (sulfide) groups is 1. The minimum Gasteiger partial charge on any atom is -0.468 e. The molecule has 1 aromatic heterocycles. The third kappa shape index (κ3) is 3.41. The summed E-state index contributed by atoms with van der Waals surface area (Å²) in [6.07, 6.45) is -2.81. The molecule has 0 saturated heterocycles. The minimum absolute atomic E-state index is 0.212. The summed E-state index contributed by atoms with van der Waals surface area (Å²) in [5, 5.41) is 0. The predicted molar refractivity (Wildman–Crippen MR) is 65.1 cm³/mol. The zero-order valence-corrected chi connectivity index (χ0v) is 10.4. The van der Waals surface area contributed by atoms with E-state index in [0.29, 0.717) is 16.4 Å². The average Bonchev–Trinajstić information content (AvgIpc) is 2.88. The molecule has 1 heterocycles. The lowest BCUT2D eigenvalue weighted by molar-refractivity contribution is -0.138. The van der Waals surface area contributed by atoms with Crippen molar-refractivity contribution in [1.82, 2.24) is 0 Å². The number of hydrogen-bond acceptors (Lipinski definition) is 3. The number of furan rings is 1. The van der Waals surface area contributed by atoms with Crippen molar-refractivity contribution in [3.8, 4) is 0 Å². The van der Waals surface area contributed by atoms with Crippen LogP contribution in [0, 0.1) is 0 Å². The Balaban J connectivity index is 2.20. The Morgan fingerprint density at radius 2 is 2.05 bits per heavy atom. The number of alkyl halides is 3. The van der Waals surface area contributed by atoms with E-state index >= 15 is 0 Å². The number of carbonyl (C=O) groups is 1. The molecule has 2 aromatic rings. The maximum Gasteiger partial charge on any atom is 0.417 e. The van der Waals surface area contributed by atoms with E-state index in [4.69, 9.17) is 4.42 Å². The summed E-state index contributed by atoms with van der Waals surface area (Å²) in [6.45, 7) is 0. The van der Waals surface area contributed by atoms with Crippen molar-refractivity contribution in [2.24, 2.45) is 0 Å². The van der Waals surface area contributed by atoms with Crippen LogP contribution in [0.3, 0.4) is 0 Å². The van der Waals surface area contributed by atoms with Crippen molar-refractivity contribution in [3.05, 3.63) is 53.5 Å². The molecule has 0 N–H and O–H groups in total. The maximum atomic E-state index is 12.7. The Morgan fingerprint density at radius 1 is 1.26 bits per heavy atom. The molecule has 0 saturated carbocycles. The monoisotopic (exact) mass is 286 g/mol. The molecule has 0 amide bonds. The molecule has 0 radical (unpaired) electrons. The highest BCUT2D eigenvalue weighted by molar-refractivity contribution is 7.98. The van der Waals surface area contributed by atoms with Gasteiger partial charge in [0.05, 0.1) is 17.6 Å². The summed E-state index contributed by atoms with van der Waals surface area (Å²) in [5.74, 6) is 1.11. The second-order valence-corrected chi connectivity index (χ2v) is 4.78. The lowest BCUT2D eigenvalue weighted by Gasteiger charge is -2.10. The fourth-order valence-electron chi connectivity index (χ4n) is 1.52. The number of hydrogen-bond donors (Lipinski definition) is 0. The van der Waals surface area contributed by atoms with Gasteiger partial charge in [0.25, 0.3) is 0 Å². The number of aldehydes is 1. The summed E-state index contributed by atoms with van der Waals surface area (Å²) in [7, 11) is 0. The highest BCUT2D eigenvalue weighted by atomic mass is 32.2. The summed E-state index contributed by atoms with van der Waals surface area (Å²) in [6, 6.07) is 7.12. The van der Waals surface area contributed by atoms with Gasteiger partial charge in [0.2, 0.25) is 0 Å². The molecule has 0 fully saturated rings. The van der Waals surface area contributed by atoms with E-state index in [1.165, 1.54) is 30.2 Å². The quantitative estimate of drug-likeness (QED) is 0.616. The topological polar surface area (TPSA) is 30.2 Å². The molecular weight excluding hydrogens is 277 g/mol. The van der Waals surface area contributed by atoms with Crippen molar-refractivity contribution in [3.63, 3.8) is 0 Å². The molecule has 2 rings (SSSR count). The lowest BCUT2D eigenvalue weighted by atomic mass is 10.1. The van der Waals surface area contributed by atoms with E-state index in [-0.39, 0.29) is 11.8 Å². The van der Waals surface area contributed by atoms with Gasteiger partial charge in [0, 0.05) is 10.5 Å². The first-order valence-electron chi connectivity index (χ1n) is 5.32. The van der Waals surface area contributed by atoms with Crippen LogP contribution in [0.2, 0.25) is 0 Å². The van der Waals surface area contributed by atoms with Crippen LogP contribution in [0.4, 0.5) is 13.2 Å². The smallest absolute Gasteiger partial charge is 0.417 e. The first kappa shape index (κ1) is 13.7. The highest BCUT2D eigenvalue weighted by Crippen LogP contribution is 2.34. The van der Waals surface area contributed by atoms with Crippen molar-refractivity contribution in [2.75, 3.05) is 0 Å². The third-order valence-corrected chi connectivity index (χ3v) is 3.43. The van der Waals surface area contributed by atoms with Gasteiger partial charge < -0.3 is 4.42 Å². The fraction of sp³-hybridized carbons (Fsp3) is 0.154. The number of carbonyl (C=O) groups excluding carboxylic acids is 1. The fourth-order valence-corrected chi connectivity index (χ4v) is 2.36. The molecule has 2 nitrogen and oxygen atoms in total. The van der Waals surface area contributed by atoms with Gasteiger partial charge in [-0.25, -0.2) is 0 Å². The molecule has 0 aliphatic heterocycles. The molecule has 100 valence electrons. The van der Waals surface area contributed by atoms with Crippen LogP contribution < -0.4 is 0 Å². The van der Waals surface area contributed by atoms with Crippen molar-refractivity contribution in [2.45, 2.75) is 16.8 Å². The van der Waals surface area contributed by atoms with Crippen LogP contribution in [0.5, 0.6) is 0 Å². The Morgan fingerprint density at radius 3 is 2.63 bits per heavy atom. The van der Waals surface area contributed by atoms with Gasteiger partial charge >= 0.3 is 6.18 Å². The average molecular weight is 286 g/mol. The molecule has 1 aromatic carbocycles. The molecule has 19 heavy (non-hydrogen) atoms. The SMILES string of the molecule is O=Cc1ccc(SCc2ccco2)cc1C(F)(F)F. The Hall–Kier alpha value is -1.69. The largest absolute Gasteiger partial charge is 0.468 e. The van der Waals surface area contributed by atoms with Gasteiger partial charge in [-0.1, -0.05) is 0 Å². The highest BCUT2D eigenvalue weighted by Gasteiger charge is 2.33.